The van der Waals surface area contributed by atoms with Crippen LogP contribution in [0.15, 0.2) is 191 Å². The Kier molecular flexibility index (Phi) is 7.05. The summed E-state index contributed by atoms with van der Waals surface area (Å²) in [6.45, 7) is 0. The van der Waals surface area contributed by atoms with Crippen molar-refractivity contribution in [2.45, 2.75) is 0 Å². The number of para-hydroxylation sites is 2. The fraction of sp³-hybridized carbons (Fsp3) is 0. The van der Waals surface area contributed by atoms with Crippen LogP contribution >= 0.6 is 0 Å². The number of furan rings is 2. The predicted molar refractivity (Wildman–Crippen MR) is 250 cm³/mol. The summed E-state index contributed by atoms with van der Waals surface area (Å²) in [5.74, 6) is 0. The Morgan fingerprint density at radius 2 is 0.742 bits per heavy atom. The van der Waals surface area contributed by atoms with Gasteiger partial charge in [-0.2, -0.15) is 10.5 Å². The Hall–Kier alpha value is -8.84. The van der Waals surface area contributed by atoms with E-state index in [1.807, 2.05) is 72.8 Å². The normalized spacial score (nSPS) is 11.8. The number of hydrogen-bond donors (Lipinski definition) is 0. The van der Waals surface area contributed by atoms with Crippen molar-refractivity contribution in [3.8, 4) is 45.8 Å². The molecule has 62 heavy (non-hydrogen) atoms. The third-order valence-electron chi connectivity index (χ3n) is 12.6. The zero-order valence-corrected chi connectivity index (χ0v) is 32.9. The first-order valence-electron chi connectivity index (χ1n) is 20.5. The molecule has 6 nitrogen and oxygen atoms in total. The van der Waals surface area contributed by atoms with Crippen LogP contribution < -0.4 is 0 Å². The van der Waals surface area contributed by atoms with Crippen molar-refractivity contribution in [3.05, 3.63) is 193 Å². The maximum absolute atomic E-state index is 11.1. The van der Waals surface area contributed by atoms with Gasteiger partial charge < -0.3 is 18.0 Å². The molecule has 0 saturated carbocycles. The van der Waals surface area contributed by atoms with E-state index in [9.17, 15) is 10.5 Å². The zero-order valence-electron chi connectivity index (χ0n) is 32.9. The molecule has 0 spiro atoms. The van der Waals surface area contributed by atoms with Crippen LogP contribution in [0.4, 0.5) is 0 Å². The minimum atomic E-state index is 0.426. The highest BCUT2D eigenvalue weighted by atomic mass is 16.3. The molecule has 0 radical (unpaired) electrons. The van der Waals surface area contributed by atoms with E-state index >= 15 is 0 Å². The molecule has 0 aliphatic carbocycles. The quantitative estimate of drug-likeness (QED) is 0.178. The highest BCUT2D eigenvalue weighted by Gasteiger charge is 2.28. The monoisotopic (exact) mass is 790 g/mol. The molecule has 0 aliphatic rings. The van der Waals surface area contributed by atoms with Crippen LogP contribution in [0, 0.1) is 22.7 Å². The average molecular weight is 791 g/mol. The lowest BCUT2D eigenvalue weighted by molar-refractivity contribution is 0.672. The van der Waals surface area contributed by atoms with Crippen LogP contribution in [0.1, 0.15) is 11.1 Å². The standard InChI is InChI=1S/C56H30N4O2/c57-31-37-19-20-38(32-58)54(60-46-26-22-36(34-13-5-2-6-14-34)30-44(46)52-48(60)28-24-42-40-16-8-10-18-50(40)62-56(42)52)53(37)59-45-25-21-35(33-11-3-1-4-12-33)29-43(45)51-47(59)27-23-41-39-15-7-9-17-49(39)61-55(41)51/h1-30H. The van der Waals surface area contributed by atoms with E-state index in [1.54, 1.807) is 12.1 Å². The molecule has 13 aromatic rings. The Bertz CT molecular complexity index is 3850. The first kappa shape index (κ1) is 34.1. The van der Waals surface area contributed by atoms with Crippen LogP contribution in [-0.4, -0.2) is 9.13 Å². The minimum absolute atomic E-state index is 0.426. The van der Waals surface area contributed by atoms with Gasteiger partial charge in [-0.15, -0.1) is 0 Å². The molecule has 0 N–H and O–H groups in total. The number of nitrogens with zero attached hydrogens (tertiary/aromatic N) is 4. The van der Waals surface area contributed by atoms with Gasteiger partial charge in [0.05, 0.1) is 55.3 Å². The van der Waals surface area contributed by atoms with Gasteiger partial charge in [0.25, 0.3) is 0 Å². The molecule has 0 atom stereocenters. The van der Waals surface area contributed by atoms with Crippen LogP contribution in [-0.2, 0) is 0 Å². The van der Waals surface area contributed by atoms with Crippen LogP contribution in [0.2, 0.25) is 0 Å². The minimum Gasteiger partial charge on any atom is -0.455 e. The largest absolute Gasteiger partial charge is 0.455 e. The lowest BCUT2D eigenvalue weighted by Gasteiger charge is -2.19. The summed E-state index contributed by atoms with van der Waals surface area (Å²) in [6, 6.07) is 67.0. The van der Waals surface area contributed by atoms with E-state index in [0.717, 1.165) is 110 Å². The van der Waals surface area contributed by atoms with E-state index in [1.165, 1.54) is 0 Å². The first-order valence-corrected chi connectivity index (χ1v) is 20.5. The molecular weight excluding hydrogens is 761 g/mol. The zero-order chi connectivity index (χ0) is 41.1. The number of hydrogen-bond acceptors (Lipinski definition) is 4. The third kappa shape index (κ3) is 4.66. The summed E-state index contributed by atoms with van der Waals surface area (Å²) >= 11 is 0. The topological polar surface area (TPSA) is 83.7 Å². The van der Waals surface area contributed by atoms with Crippen molar-refractivity contribution in [1.29, 1.82) is 10.5 Å². The summed E-state index contributed by atoms with van der Waals surface area (Å²) in [5, 5.41) is 30.2. The van der Waals surface area contributed by atoms with Gasteiger partial charge in [0.2, 0.25) is 0 Å². The molecular formula is C56H30N4O2. The number of nitriles is 2. The first-order chi connectivity index (χ1) is 30.7. The van der Waals surface area contributed by atoms with Crippen molar-refractivity contribution in [2.24, 2.45) is 0 Å². The molecule has 9 aromatic carbocycles. The summed E-state index contributed by atoms with van der Waals surface area (Å²) < 4.78 is 17.8. The second-order valence-corrected chi connectivity index (χ2v) is 15.8. The number of rotatable bonds is 4. The molecule has 13 rings (SSSR count). The van der Waals surface area contributed by atoms with Gasteiger partial charge >= 0.3 is 0 Å². The van der Waals surface area contributed by atoms with Crippen molar-refractivity contribution in [3.63, 3.8) is 0 Å². The van der Waals surface area contributed by atoms with E-state index in [0.29, 0.717) is 22.5 Å². The smallest absolute Gasteiger partial charge is 0.145 e. The Balaban J connectivity index is 1.21. The van der Waals surface area contributed by atoms with E-state index < -0.39 is 0 Å². The Morgan fingerprint density at radius 3 is 1.18 bits per heavy atom. The van der Waals surface area contributed by atoms with Gasteiger partial charge in [0.15, 0.2) is 0 Å². The number of fused-ring (bicyclic) bond motifs is 14. The summed E-state index contributed by atoms with van der Waals surface area (Å²) in [5.41, 5.74) is 13.0. The van der Waals surface area contributed by atoms with Gasteiger partial charge in [-0.1, -0.05) is 109 Å². The fourth-order valence-electron chi connectivity index (χ4n) is 9.89. The highest BCUT2D eigenvalue weighted by molar-refractivity contribution is 6.26. The SMILES string of the molecule is N#Cc1ccc(C#N)c(-n2c3ccc(-c4ccccc4)cc3c3c4oc5ccccc5c4ccc32)c1-n1c2ccc(-c3ccccc3)cc2c2c3oc4ccccc4c3ccc21. The van der Waals surface area contributed by atoms with Crippen molar-refractivity contribution in [1.82, 2.24) is 9.13 Å². The lowest BCUT2D eigenvalue weighted by Crippen LogP contribution is -2.08. The van der Waals surface area contributed by atoms with E-state index in [4.69, 9.17) is 8.83 Å². The lowest BCUT2D eigenvalue weighted by atomic mass is 10.0. The fourth-order valence-corrected chi connectivity index (χ4v) is 9.89. The maximum Gasteiger partial charge on any atom is 0.145 e. The van der Waals surface area contributed by atoms with Crippen LogP contribution in [0.25, 0.3) is 121 Å². The third-order valence-corrected chi connectivity index (χ3v) is 12.6. The van der Waals surface area contributed by atoms with Crippen LogP contribution in [0.5, 0.6) is 0 Å². The molecule has 4 aromatic heterocycles. The van der Waals surface area contributed by atoms with Gasteiger partial charge in [0, 0.05) is 32.3 Å². The molecule has 0 bridgehead atoms. The van der Waals surface area contributed by atoms with Crippen LogP contribution in [0.3, 0.4) is 0 Å². The van der Waals surface area contributed by atoms with Gasteiger partial charge in [0.1, 0.15) is 34.5 Å². The molecule has 0 amide bonds. The average Bonchev–Trinajstić information content (AvgIpc) is 4.08. The predicted octanol–water partition coefficient (Wildman–Crippen LogP) is 14.8. The van der Waals surface area contributed by atoms with Crippen molar-refractivity contribution in [2.75, 3.05) is 0 Å². The molecule has 286 valence electrons. The highest BCUT2D eigenvalue weighted by Crippen LogP contribution is 2.47. The Morgan fingerprint density at radius 1 is 0.339 bits per heavy atom. The van der Waals surface area contributed by atoms with E-state index in [-0.39, 0.29) is 0 Å². The maximum atomic E-state index is 11.1. The summed E-state index contributed by atoms with van der Waals surface area (Å²) in [6.07, 6.45) is 0. The summed E-state index contributed by atoms with van der Waals surface area (Å²) in [4.78, 5) is 0. The molecule has 0 aliphatic heterocycles. The molecule has 0 saturated heterocycles. The van der Waals surface area contributed by atoms with Crippen molar-refractivity contribution < 1.29 is 8.83 Å². The van der Waals surface area contributed by atoms with Gasteiger partial charge in [-0.25, -0.2) is 0 Å². The Labute approximate surface area is 353 Å². The van der Waals surface area contributed by atoms with E-state index in [2.05, 4.69) is 118 Å². The van der Waals surface area contributed by atoms with Crippen molar-refractivity contribution >= 4 is 87.5 Å². The second kappa shape index (κ2) is 12.8. The van der Waals surface area contributed by atoms with Gasteiger partial charge in [-0.3, -0.25) is 0 Å². The number of aromatic nitrogens is 2. The summed E-state index contributed by atoms with van der Waals surface area (Å²) in [7, 11) is 0. The number of benzene rings is 9. The molecule has 6 heteroatoms. The molecule has 0 unspecified atom stereocenters. The van der Waals surface area contributed by atoms with Gasteiger partial charge in [-0.05, 0) is 95.1 Å². The molecule has 0 fully saturated rings. The second-order valence-electron chi connectivity index (χ2n) is 15.8. The molecule has 4 heterocycles.